The number of hydrogen-bond donors (Lipinski definition) is 0. The van der Waals surface area contributed by atoms with E-state index in [4.69, 9.17) is 0 Å². The largest absolute Gasteiger partial charge is 0.345 e. The molecule has 0 bridgehead atoms. The van der Waals surface area contributed by atoms with Gasteiger partial charge in [-0.3, -0.25) is 4.39 Å². The van der Waals surface area contributed by atoms with Crippen LogP contribution in [0.4, 0.5) is 4.39 Å². The van der Waals surface area contributed by atoms with Crippen molar-refractivity contribution >= 4 is 26.8 Å². The van der Waals surface area contributed by atoms with Crippen LogP contribution in [-0.4, -0.2) is 11.2 Å². The fourth-order valence-electron chi connectivity index (χ4n) is 2.03. The molecule has 0 N–H and O–H groups in total. The van der Waals surface area contributed by atoms with Crippen LogP contribution in [0.25, 0.3) is 10.9 Å². The van der Waals surface area contributed by atoms with Gasteiger partial charge in [0.15, 0.2) is 0 Å². The fourth-order valence-corrected chi connectivity index (χ4v) is 2.37. The second-order valence-corrected chi connectivity index (χ2v) is 5.17. The minimum absolute atomic E-state index is 0.298. The predicted molar refractivity (Wildman–Crippen MR) is 69.7 cm³/mol. The Morgan fingerprint density at radius 3 is 2.75 bits per heavy atom. The van der Waals surface area contributed by atoms with Gasteiger partial charge in [0.1, 0.15) is 0 Å². The summed E-state index contributed by atoms with van der Waals surface area (Å²) in [6, 6.07) is 6.56. The van der Waals surface area contributed by atoms with Crippen LogP contribution in [0.15, 0.2) is 28.9 Å². The molecular formula is C13H15BrFN. The molecule has 0 unspecified atom stereocenters. The Morgan fingerprint density at radius 2 is 2.12 bits per heavy atom. The molecular weight excluding hydrogens is 269 g/mol. The first-order chi connectivity index (χ1) is 7.63. The summed E-state index contributed by atoms with van der Waals surface area (Å²) in [6.07, 6.45) is 2.57. The van der Waals surface area contributed by atoms with Gasteiger partial charge in [0.05, 0.1) is 6.67 Å². The molecule has 0 aliphatic carbocycles. The molecule has 0 aliphatic rings. The third-order valence-corrected chi connectivity index (χ3v) is 3.29. The summed E-state index contributed by atoms with van der Waals surface area (Å²) in [5.74, 6) is 0. The van der Waals surface area contributed by atoms with Crippen molar-refractivity contribution < 1.29 is 4.39 Å². The third-order valence-electron chi connectivity index (χ3n) is 2.80. The SMILES string of the molecule is CC(C)n1cc(CCF)c2ccc(Br)cc21. The van der Waals surface area contributed by atoms with Gasteiger partial charge in [-0.15, -0.1) is 0 Å². The lowest BCUT2D eigenvalue weighted by atomic mass is 10.1. The number of alkyl halides is 1. The zero-order valence-corrected chi connectivity index (χ0v) is 11.1. The molecule has 1 aromatic heterocycles. The molecule has 0 saturated carbocycles. The van der Waals surface area contributed by atoms with Crippen molar-refractivity contribution in [1.82, 2.24) is 4.57 Å². The molecule has 1 heterocycles. The highest BCUT2D eigenvalue weighted by Gasteiger charge is 2.10. The number of benzene rings is 1. The van der Waals surface area contributed by atoms with Crippen molar-refractivity contribution in [2.45, 2.75) is 26.3 Å². The predicted octanol–water partition coefficient (Wildman–Crippen LogP) is 4.50. The lowest BCUT2D eigenvalue weighted by molar-refractivity contribution is 0.495. The fraction of sp³-hybridized carbons (Fsp3) is 0.385. The highest BCUT2D eigenvalue weighted by Crippen LogP contribution is 2.27. The monoisotopic (exact) mass is 283 g/mol. The van der Waals surface area contributed by atoms with Gasteiger partial charge in [-0.25, -0.2) is 0 Å². The van der Waals surface area contributed by atoms with Crippen LogP contribution in [0.1, 0.15) is 25.5 Å². The molecule has 16 heavy (non-hydrogen) atoms. The molecule has 0 fully saturated rings. The summed E-state index contributed by atoms with van der Waals surface area (Å²) in [4.78, 5) is 0. The maximum atomic E-state index is 12.5. The van der Waals surface area contributed by atoms with Crippen molar-refractivity contribution in [3.63, 3.8) is 0 Å². The Labute approximate surface area is 103 Å². The Hall–Kier alpha value is -0.830. The van der Waals surface area contributed by atoms with Crippen LogP contribution in [0.2, 0.25) is 0 Å². The number of hydrogen-bond acceptors (Lipinski definition) is 0. The Balaban J connectivity index is 2.66. The maximum Gasteiger partial charge on any atom is 0.0935 e. The number of halogens is 2. The molecule has 2 aromatic rings. The Kier molecular flexibility index (Phi) is 3.33. The first-order valence-electron chi connectivity index (χ1n) is 5.48. The minimum atomic E-state index is -0.298. The quantitative estimate of drug-likeness (QED) is 0.782. The molecule has 1 aromatic carbocycles. The van der Waals surface area contributed by atoms with E-state index in [1.54, 1.807) is 0 Å². The van der Waals surface area contributed by atoms with E-state index in [2.05, 4.69) is 52.7 Å². The van der Waals surface area contributed by atoms with Crippen LogP contribution >= 0.6 is 15.9 Å². The molecule has 0 saturated heterocycles. The zero-order chi connectivity index (χ0) is 11.7. The van der Waals surface area contributed by atoms with Gasteiger partial charge >= 0.3 is 0 Å². The van der Waals surface area contributed by atoms with Gasteiger partial charge in [0.25, 0.3) is 0 Å². The number of aromatic nitrogens is 1. The molecule has 86 valence electrons. The maximum absolute atomic E-state index is 12.5. The van der Waals surface area contributed by atoms with E-state index >= 15 is 0 Å². The summed E-state index contributed by atoms with van der Waals surface area (Å²) in [5, 5.41) is 1.16. The van der Waals surface area contributed by atoms with Gasteiger partial charge in [-0.1, -0.05) is 22.0 Å². The summed E-state index contributed by atoms with van der Waals surface area (Å²) in [5.41, 5.74) is 2.27. The Morgan fingerprint density at radius 1 is 1.38 bits per heavy atom. The molecule has 0 radical (unpaired) electrons. The van der Waals surface area contributed by atoms with E-state index in [1.165, 1.54) is 5.52 Å². The summed E-state index contributed by atoms with van der Waals surface area (Å²) >= 11 is 3.48. The Bertz CT molecular complexity index is 502. The number of fused-ring (bicyclic) bond motifs is 1. The molecule has 0 spiro atoms. The van der Waals surface area contributed by atoms with E-state index in [9.17, 15) is 4.39 Å². The number of nitrogens with zero attached hydrogens (tertiary/aromatic N) is 1. The van der Waals surface area contributed by atoms with Gasteiger partial charge in [-0.2, -0.15) is 0 Å². The van der Waals surface area contributed by atoms with Crippen molar-refractivity contribution in [3.8, 4) is 0 Å². The highest BCUT2D eigenvalue weighted by molar-refractivity contribution is 9.10. The van der Waals surface area contributed by atoms with Gasteiger partial charge in [0, 0.05) is 34.0 Å². The number of rotatable bonds is 3. The van der Waals surface area contributed by atoms with Crippen molar-refractivity contribution in [2.75, 3.05) is 6.67 Å². The summed E-state index contributed by atoms with van der Waals surface area (Å²) < 4.78 is 15.7. The molecule has 0 aliphatic heterocycles. The van der Waals surface area contributed by atoms with Gasteiger partial charge in [0.2, 0.25) is 0 Å². The second kappa shape index (κ2) is 4.58. The van der Waals surface area contributed by atoms with Crippen LogP contribution < -0.4 is 0 Å². The van der Waals surface area contributed by atoms with E-state index in [-0.39, 0.29) is 6.67 Å². The zero-order valence-electron chi connectivity index (χ0n) is 9.50. The summed E-state index contributed by atoms with van der Waals surface area (Å²) in [6.45, 7) is 3.98. The van der Waals surface area contributed by atoms with Crippen LogP contribution in [0.3, 0.4) is 0 Å². The molecule has 2 rings (SSSR count). The lowest BCUT2D eigenvalue weighted by Gasteiger charge is -2.08. The van der Waals surface area contributed by atoms with E-state index in [0.717, 1.165) is 15.4 Å². The number of aryl methyl sites for hydroxylation is 1. The second-order valence-electron chi connectivity index (χ2n) is 4.26. The molecule has 0 atom stereocenters. The smallest absolute Gasteiger partial charge is 0.0935 e. The molecule has 0 amide bonds. The first kappa shape index (κ1) is 11.6. The van der Waals surface area contributed by atoms with Crippen LogP contribution in [0.5, 0.6) is 0 Å². The average molecular weight is 284 g/mol. The normalized spacial score (nSPS) is 11.6. The first-order valence-corrected chi connectivity index (χ1v) is 6.27. The summed E-state index contributed by atoms with van der Waals surface area (Å²) in [7, 11) is 0. The molecule has 3 heteroatoms. The van der Waals surface area contributed by atoms with Crippen molar-refractivity contribution in [1.29, 1.82) is 0 Å². The van der Waals surface area contributed by atoms with E-state index < -0.39 is 0 Å². The topological polar surface area (TPSA) is 4.93 Å². The molecule has 1 nitrogen and oxygen atoms in total. The van der Waals surface area contributed by atoms with Crippen LogP contribution in [0, 0.1) is 0 Å². The van der Waals surface area contributed by atoms with E-state index in [1.807, 2.05) is 6.07 Å². The van der Waals surface area contributed by atoms with Gasteiger partial charge in [-0.05, 0) is 31.5 Å². The average Bonchev–Trinajstić information content (AvgIpc) is 2.57. The highest BCUT2D eigenvalue weighted by atomic mass is 79.9. The lowest BCUT2D eigenvalue weighted by Crippen LogP contribution is -1.97. The standard InChI is InChI=1S/C13H15BrFN/c1-9(2)16-8-10(5-6-15)12-4-3-11(14)7-13(12)16/h3-4,7-9H,5-6H2,1-2H3. The van der Waals surface area contributed by atoms with Crippen molar-refractivity contribution in [3.05, 3.63) is 34.4 Å². The van der Waals surface area contributed by atoms with Gasteiger partial charge < -0.3 is 4.57 Å². The van der Waals surface area contributed by atoms with E-state index in [0.29, 0.717) is 12.5 Å². The third kappa shape index (κ3) is 2.01. The van der Waals surface area contributed by atoms with Crippen LogP contribution in [-0.2, 0) is 6.42 Å². The minimum Gasteiger partial charge on any atom is -0.345 e. The van der Waals surface area contributed by atoms with Crippen molar-refractivity contribution in [2.24, 2.45) is 0 Å².